The molecule has 0 aromatic rings. The molecule has 0 aromatic carbocycles. The summed E-state index contributed by atoms with van der Waals surface area (Å²) in [5.74, 6) is -2.95. The topological polar surface area (TPSA) is 84.9 Å². The molecule has 10 heteroatoms. The fraction of sp³-hybridized carbons (Fsp3) is 0.800. The van der Waals surface area contributed by atoms with E-state index in [9.17, 15) is 27.6 Å². The van der Waals surface area contributed by atoms with E-state index in [2.05, 4.69) is 4.74 Å². The third kappa shape index (κ3) is 6.43. The van der Waals surface area contributed by atoms with E-state index in [1.54, 1.807) is 20.8 Å². The largest absolute Gasteiger partial charge is 0.471 e. The van der Waals surface area contributed by atoms with Gasteiger partial charge in [-0.25, -0.2) is 4.79 Å². The molecule has 1 saturated heterocycles. The molecule has 0 bridgehead atoms. The van der Waals surface area contributed by atoms with Crippen molar-refractivity contribution in [3.8, 4) is 0 Å². The summed E-state index contributed by atoms with van der Waals surface area (Å²) in [5.41, 5.74) is -2.34. The number of methoxy groups -OCH3 is 1. The van der Waals surface area contributed by atoms with E-state index in [4.69, 9.17) is 4.74 Å². The molecule has 1 rings (SSSR count). The molecule has 25 heavy (non-hydrogen) atoms. The van der Waals surface area contributed by atoms with E-state index in [1.807, 2.05) is 5.32 Å². The number of piperidine rings is 1. The molecule has 1 aliphatic heterocycles. The van der Waals surface area contributed by atoms with Crippen LogP contribution in [0.4, 0.5) is 18.0 Å². The van der Waals surface area contributed by atoms with E-state index < -0.39 is 41.7 Å². The van der Waals surface area contributed by atoms with E-state index in [-0.39, 0.29) is 19.5 Å². The van der Waals surface area contributed by atoms with Crippen LogP contribution in [-0.2, 0) is 19.1 Å². The molecule has 1 N–H and O–H groups in total. The number of alkyl halides is 3. The number of ether oxygens (including phenoxy) is 2. The molecule has 0 aromatic heterocycles. The number of nitrogens with one attached hydrogen (secondary N) is 1. The Balaban J connectivity index is 3.00. The first-order chi connectivity index (χ1) is 11.3. The van der Waals surface area contributed by atoms with Crippen molar-refractivity contribution in [2.45, 2.75) is 57.3 Å². The number of likely N-dealkylation sites (tertiary alicyclic amines) is 1. The van der Waals surface area contributed by atoms with Crippen LogP contribution < -0.4 is 5.32 Å². The predicted octanol–water partition coefficient (Wildman–Crippen LogP) is 2.00. The lowest BCUT2D eigenvalue weighted by Gasteiger charge is -2.43. The Morgan fingerprint density at radius 1 is 1.20 bits per heavy atom. The predicted molar refractivity (Wildman–Crippen MR) is 80.6 cm³/mol. The van der Waals surface area contributed by atoms with E-state index in [0.29, 0.717) is 6.42 Å². The van der Waals surface area contributed by atoms with Gasteiger partial charge in [-0.3, -0.25) is 9.59 Å². The number of halogens is 3. The smallest absolute Gasteiger partial charge is 0.469 e. The number of hydrogen-bond donors (Lipinski definition) is 1. The van der Waals surface area contributed by atoms with E-state index in [1.165, 1.54) is 4.90 Å². The summed E-state index contributed by atoms with van der Waals surface area (Å²) >= 11 is 0. The second-order valence-electron chi connectivity index (χ2n) is 6.99. The van der Waals surface area contributed by atoms with Crippen LogP contribution in [0.1, 0.15) is 40.0 Å². The Morgan fingerprint density at radius 2 is 1.80 bits per heavy atom. The normalized spacial score (nSPS) is 21.5. The van der Waals surface area contributed by atoms with Gasteiger partial charge in [0.2, 0.25) is 0 Å². The third-order valence-electron chi connectivity index (χ3n) is 3.58. The second kappa shape index (κ2) is 7.49. The lowest BCUT2D eigenvalue weighted by Crippen LogP contribution is -2.62. The minimum Gasteiger partial charge on any atom is -0.469 e. The maximum absolute atomic E-state index is 12.6. The molecule has 1 unspecified atom stereocenters. The summed E-state index contributed by atoms with van der Waals surface area (Å²) in [6.45, 7) is 4.94. The molecule has 7 nitrogen and oxygen atoms in total. The maximum atomic E-state index is 12.6. The van der Waals surface area contributed by atoms with Gasteiger partial charge in [-0.1, -0.05) is 0 Å². The van der Waals surface area contributed by atoms with Crippen molar-refractivity contribution in [2.75, 3.05) is 20.2 Å². The van der Waals surface area contributed by atoms with Crippen LogP contribution >= 0.6 is 0 Å². The third-order valence-corrected chi connectivity index (χ3v) is 3.58. The van der Waals surface area contributed by atoms with Gasteiger partial charge < -0.3 is 19.7 Å². The summed E-state index contributed by atoms with van der Waals surface area (Å²) in [5, 5.41) is 1.87. The first-order valence-electron chi connectivity index (χ1n) is 7.72. The second-order valence-corrected chi connectivity index (χ2v) is 6.99. The number of nitrogens with zero attached hydrogens (tertiary/aromatic N) is 1. The van der Waals surface area contributed by atoms with Crippen LogP contribution in [0, 0.1) is 0 Å². The quantitative estimate of drug-likeness (QED) is 0.770. The Hall–Kier alpha value is -2.00. The van der Waals surface area contributed by atoms with Gasteiger partial charge in [0.15, 0.2) is 0 Å². The van der Waals surface area contributed by atoms with Crippen molar-refractivity contribution in [3.05, 3.63) is 0 Å². The van der Waals surface area contributed by atoms with Gasteiger partial charge in [0, 0.05) is 13.1 Å². The average Bonchev–Trinajstić information content (AvgIpc) is 2.44. The van der Waals surface area contributed by atoms with Crippen molar-refractivity contribution >= 4 is 18.0 Å². The van der Waals surface area contributed by atoms with Crippen molar-refractivity contribution in [1.82, 2.24) is 10.2 Å². The lowest BCUT2D eigenvalue weighted by atomic mass is 9.85. The van der Waals surface area contributed by atoms with Crippen LogP contribution in [0.3, 0.4) is 0 Å². The zero-order valence-corrected chi connectivity index (χ0v) is 14.7. The van der Waals surface area contributed by atoms with Gasteiger partial charge in [-0.15, -0.1) is 0 Å². The van der Waals surface area contributed by atoms with E-state index >= 15 is 0 Å². The Kier molecular flexibility index (Phi) is 6.30. The molecule has 0 aliphatic carbocycles. The van der Waals surface area contributed by atoms with Crippen LogP contribution in [0.5, 0.6) is 0 Å². The van der Waals surface area contributed by atoms with Gasteiger partial charge in [-0.05, 0) is 33.6 Å². The lowest BCUT2D eigenvalue weighted by molar-refractivity contribution is -0.177. The molecule has 2 amide bonds. The minimum atomic E-state index is -5.10. The molecule has 1 fully saturated rings. The van der Waals surface area contributed by atoms with Crippen molar-refractivity contribution in [2.24, 2.45) is 0 Å². The summed E-state index contributed by atoms with van der Waals surface area (Å²) in [4.78, 5) is 36.4. The van der Waals surface area contributed by atoms with Crippen molar-refractivity contribution in [1.29, 1.82) is 0 Å². The standard InChI is InChI=1S/C15H23F3N2O5/c1-13(2,3)25-12(23)20-7-5-6-14(9-20,8-10(21)24-4)19-11(22)15(16,17)18/h5-9H2,1-4H3,(H,19,22). The summed E-state index contributed by atoms with van der Waals surface area (Å²) < 4.78 is 47.6. The van der Waals surface area contributed by atoms with Gasteiger partial charge in [0.25, 0.3) is 0 Å². The number of hydrogen-bond acceptors (Lipinski definition) is 5. The minimum absolute atomic E-state index is 0.100. The van der Waals surface area contributed by atoms with Crippen LogP contribution in [0.15, 0.2) is 0 Å². The average molecular weight is 368 g/mol. The highest BCUT2D eigenvalue weighted by Gasteiger charge is 2.47. The maximum Gasteiger partial charge on any atom is 0.471 e. The SMILES string of the molecule is COC(=O)CC1(NC(=O)C(F)(F)F)CCCN(C(=O)OC(C)(C)C)C1. The molecular formula is C15H23F3N2O5. The first-order valence-corrected chi connectivity index (χ1v) is 7.72. The Morgan fingerprint density at radius 3 is 2.28 bits per heavy atom. The van der Waals surface area contributed by atoms with Crippen molar-refractivity contribution < 1.29 is 37.0 Å². The molecule has 0 saturated carbocycles. The Bertz CT molecular complexity index is 530. The van der Waals surface area contributed by atoms with Gasteiger partial charge in [-0.2, -0.15) is 13.2 Å². The van der Waals surface area contributed by atoms with E-state index in [0.717, 1.165) is 7.11 Å². The van der Waals surface area contributed by atoms with Gasteiger partial charge in [0.05, 0.1) is 19.1 Å². The zero-order valence-electron chi connectivity index (χ0n) is 14.7. The van der Waals surface area contributed by atoms with Crippen LogP contribution in [0.25, 0.3) is 0 Å². The summed E-state index contributed by atoms with van der Waals surface area (Å²) in [6, 6.07) is 0. The van der Waals surface area contributed by atoms with Crippen LogP contribution in [-0.4, -0.2) is 60.4 Å². The molecule has 0 radical (unpaired) electrons. The zero-order chi connectivity index (χ0) is 19.5. The number of esters is 1. The highest BCUT2D eigenvalue weighted by molar-refractivity contribution is 5.83. The summed E-state index contributed by atoms with van der Waals surface area (Å²) in [7, 11) is 1.09. The monoisotopic (exact) mass is 368 g/mol. The highest BCUT2D eigenvalue weighted by Crippen LogP contribution is 2.28. The fourth-order valence-electron chi connectivity index (χ4n) is 2.56. The van der Waals surface area contributed by atoms with Crippen LogP contribution in [0.2, 0.25) is 0 Å². The highest BCUT2D eigenvalue weighted by atomic mass is 19.4. The molecule has 1 aliphatic rings. The summed E-state index contributed by atoms with van der Waals surface area (Å²) in [6.07, 6.45) is -5.90. The number of rotatable bonds is 3. The van der Waals surface area contributed by atoms with Crippen molar-refractivity contribution in [3.63, 3.8) is 0 Å². The first kappa shape index (κ1) is 21.0. The molecule has 144 valence electrons. The number of carbonyl (C=O) groups excluding carboxylic acids is 3. The molecule has 1 atom stereocenters. The Labute approximate surface area is 143 Å². The molecule has 0 spiro atoms. The molecular weight excluding hydrogens is 345 g/mol. The number of carbonyl (C=O) groups is 3. The van der Waals surface area contributed by atoms with Gasteiger partial charge >= 0.3 is 24.1 Å². The number of amides is 2. The fourth-order valence-corrected chi connectivity index (χ4v) is 2.56. The van der Waals surface area contributed by atoms with Gasteiger partial charge in [0.1, 0.15) is 5.60 Å². The molecule has 1 heterocycles.